The first-order valence-electron chi connectivity index (χ1n) is 8.60. The van der Waals surface area contributed by atoms with Gasteiger partial charge in [0.15, 0.2) is 0 Å². The standard InChI is InChI=1S/C19H25N3O3S/c1-15-5-4-6-16(13-15)20-26(23,24)17-7-8-19(25-3)18(14-17)22-11-9-21(2)10-12-22/h4-8,13-14,20H,9-12H2,1-3H3. The van der Waals surface area contributed by atoms with Gasteiger partial charge >= 0.3 is 0 Å². The zero-order chi connectivity index (χ0) is 18.7. The van der Waals surface area contributed by atoms with E-state index in [-0.39, 0.29) is 4.90 Å². The smallest absolute Gasteiger partial charge is 0.261 e. The maximum Gasteiger partial charge on any atom is 0.261 e. The van der Waals surface area contributed by atoms with Crippen molar-refractivity contribution in [2.75, 3.05) is 50.0 Å². The fraction of sp³-hybridized carbons (Fsp3) is 0.368. The van der Waals surface area contributed by atoms with E-state index in [1.807, 2.05) is 25.1 Å². The first-order chi connectivity index (χ1) is 12.4. The predicted octanol–water partition coefficient (Wildman–Crippen LogP) is 2.56. The second kappa shape index (κ2) is 7.55. The first-order valence-corrected chi connectivity index (χ1v) is 10.1. The van der Waals surface area contributed by atoms with Crippen molar-refractivity contribution in [1.29, 1.82) is 0 Å². The molecule has 7 heteroatoms. The number of rotatable bonds is 5. The van der Waals surface area contributed by atoms with E-state index < -0.39 is 10.0 Å². The van der Waals surface area contributed by atoms with Crippen LogP contribution in [0.2, 0.25) is 0 Å². The fourth-order valence-corrected chi connectivity index (χ4v) is 4.12. The van der Waals surface area contributed by atoms with Gasteiger partial charge in [-0.1, -0.05) is 12.1 Å². The van der Waals surface area contributed by atoms with Crippen LogP contribution in [0.25, 0.3) is 0 Å². The van der Waals surface area contributed by atoms with Gasteiger partial charge in [-0.25, -0.2) is 8.42 Å². The molecule has 1 heterocycles. The monoisotopic (exact) mass is 375 g/mol. The zero-order valence-corrected chi connectivity index (χ0v) is 16.2. The quantitative estimate of drug-likeness (QED) is 0.870. The summed E-state index contributed by atoms with van der Waals surface area (Å²) in [7, 11) is 0.0201. The molecule has 2 aromatic carbocycles. The summed E-state index contributed by atoms with van der Waals surface area (Å²) in [6.45, 7) is 5.46. The predicted molar refractivity (Wildman–Crippen MR) is 105 cm³/mol. The number of sulfonamides is 1. The number of aryl methyl sites for hydroxylation is 1. The average molecular weight is 375 g/mol. The van der Waals surface area contributed by atoms with Gasteiger partial charge in [0.25, 0.3) is 10.0 Å². The lowest BCUT2D eigenvalue weighted by Crippen LogP contribution is -2.44. The molecule has 0 radical (unpaired) electrons. The summed E-state index contributed by atoms with van der Waals surface area (Å²) in [5.74, 6) is 0.684. The van der Waals surface area contributed by atoms with E-state index in [0.29, 0.717) is 11.4 Å². The largest absolute Gasteiger partial charge is 0.495 e. The lowest BCUT2D eigenvalue weighted by Gasteiger charge is -2.34. The minimum Gasteiger partial charge on any atom is -0.495 e. The van der Waals surface area contributed by atoms with Crippen molar-refractivity contribution in [3.05, 3.63) is 48.0 Å². The number of methoxy groups -OCH3 is 1. The van der Waals surface area contributed by atoms with Gasteiger partial charge in [-0.15, -0.1) is 0 Å². The van der Waals surface area contributed by atoms with Crippen LogP contribution in [0, 0.1) is 6.92 Å². The Balaban J connectivity index is 1.91. The molecule has 3 rings (SSSR count). The lowest BCUT2D eigenvalue weighted by molar-refractivity contribution is 0.311. The third kappa shape index (κ3) is 4.11. The Morgan fingerprint density at radius 3 is 2.42 bits per heavy atom. The molecule has 0 bridgehead atoms. The Morgan fingerprint density at radius 1 is 1.04 bits per heavy atom. The summed E-state index contributed by atoms with van der Waals surface area (Å²) >= 11 is 0. The van der Waals surface area contributed by atoms with E-state index in [1.165, 1.54) is 0 Å². The fourth-order valence-electron chi connectivity index (χ4n) is 3.05. The van der Waals surface area contributed by atoms with Gasteiger partial charge in [-0.3, -0.25) is 4.72 Å². The average Bonchev–Trinajstić information content (AvgIpc) is 2.61. The number of nitrogens with zero attached hydrogens (tertiary/aromatic N) is 2. The summed E-state index contributed by atoms with van der Waals surface area (Å²) in [4.78, 5) is 4.65. The topological polar surface area (TPSA) is 61.9 Å². The summed E-state index contributed by atoms with van der Waals surface area (Å²) < 4.78 is 33.8. The highest BCUT2D eigenvalue weighted by atomic mass is 32.2. The Kier molecular flexibility index (Phi) is 5.38. The van der Waals surface area contributed by atoms with Crippen LogP contribution < -0.4 is 14.4 Å². The number of ether oxygens (including phenoxy) is 1. The van der Waals surface area contributed by atoms with Crippen LogP contribution in [0.3, 0.4) is 0 Å². The number of anilines is 2. The second-order valence-electron chi connectivity index (χ2n) is 6.60. The number of hydrogen-bond acceptors (Lipinski definition) is 5. The van der Waals surface area contributed by atoms with Gasteiger partial charge < -0.3 is 14.5 Å². The van der Waals surface area contributed by atoms with E-state index in [0.717, 1.165) is 37.4 Å². The molecule has 6 nitrogen and oxygen atoms in total. The van der Waals surface area contributed by atoms with E-state index in [4.69, 9.17) is 4.74 Å². The molecule has 1 N–H and O–H groups in total. The van der Waals surface area contributed by atoms with Crippen molar-refractivity contribution < 1.29 is 13.2 Å². The summed E-state index contributed by atoms with van der Waals surface area (Å²) in [6, 6.07) is 12.3. The van der Waals surface area contributed by atoms with Gasteiger partial charge in [0, 0.05) is 31.9 Å². The van der Waals surface area contributed by atoms with Gasteiger partial charge in [-0.2, -0.15) is 0 Å². The summed E-state index contributed by atoms with van der Waals surface area (Å²) in [5, 5.41) is 0. The van der Waals surface area contributed by atoms with Crippen LogP contribution in [-0.2, 0) is 10.0 Å². The summed E-state index contributed by atoms with van der Waals surface area (Å²) in [5.41, 5.74) is 2.37. The molecule has 0 unspecified atom stereocenters. The molecule has 1 saturated heterocycles. The highest BCUT2D eigenvalue weighted by molar-refractivity contribution is 7.92. The van der Waals surface area contributed by atoms with E-state index in [2.05, 4.69) is 21.6 Å². The maximum absolute atomic E-state index is 12.8. The van der Waals surface area contributed by atoms with Gasteiger partial charge in [0.05, 0.1) is 17.7 Å². The molecule has 0 saturated carbocycles. The van der Waals surface area contributed by atoms with Crippen molar-refractivity contribution in [3.63, 3.8) is 0 Å². The summed E-state index contributed by atoms with van der Waals surface area (Å²) in [6.07, 6.45) is 0. The number of likely N-dealkylation sites (N-methyl/N-ethyl adjacent to an activating group) is 1. The van der Waals surface area contributed by atoms with Crippen LogP contribution in [0.15, 0.2) is 47.4 Å². The van der Waals surface area contributed by atoms with Crippen LogP contribution in [-0.4, -0.2) is 53.7 Å². The molecule has 26 heavy (non-hydrogen) atoms. The van der Waals surface area contributed by atoms with Crippen LogP contribution in [0.5, 0.6) is 5.75 Å². The molecule has 0 spiro atoms. The SMILES string of the molecule is COc1ccc(S(=O)(=O)Nc2cccc(C)c2)cc1N1CCN(C)CC1. The van der Waals surface area contributed by atoms with Crippen LogP contribution in [0.1, 0.15) is 5.56 Å². The molecule has 0 amide bonds. The third-order valence-corrected chi connectivity index (χ3v) is 5.95. The number of nitrogens with one attached hydrogen (secondary N) is 1. The Labute approximate surface area is 155 Å². The lowest BCUT2D eigenvalue weighted by atomic mass is 10.2. The number of benzene rings is 2. The van der Waals surface area contributed by atoms with Crippen LogP contribution >= 0.6 is 0 Å². The van der Waals surface area contributed by atoms with Crippen molar-refractivity contribution in [3.8, 4) is 5.75 Å². The highest BCUT2D eigenvalue weighted by Gasteiger charge is 2.22. The van der Waals surface area contributed by atoms with Crippen molar-refractivity contribution >= 4 is 21.4 Å². The Hall–Kier alpha value is -2.25. The Bertz CT molecular complexity index is 875. The minimum atomic E-state index is -3.67. The molecule has 1 fully saturated rings. The molecule has 0 atom stereocenters. The molecular weight excluding hydrogens is 350 g/mol. The molecule has 1 aliphatic rings. The second-order valence-corrected chi connectivity index (χ2v) is 8.28. The van der Waals surface area contributed by atoms with E-state index in [9.17, 15) is 8.42 Å². The van der Waals surface area contributed by atoms with Gasteiger partial charge in [0.2, 0.25) is 0 Å². The molecule has 0 aromatic heterocycles. The third-order valence-electron chi connectivity index (χ3n) is 4.57. The number of hydrogen-bond donors (Lipinski definition) is 1. The van der Waals surface area contributed by atoms with E-state index >= 15 is 0 Å². The Morgan fingerprint density at radius 2 is 1.77 bits per heavy atom. The molecule has 0 aliphatic carbocycles. The maximum atomic E-state index is 12.8. The molecule has 140 valence electrons. The van der Waals surface area contributed by atoms with Crippen LogP contribution in [0.4, 0.5) is 11.4 Å². The molecule has 2 aromatic rings. The molecular formula is C19H25N3O3S. The van der Waals surface area contributed by atoms with Crippen molar-refractivity contribution in [2.45, 2.75) is 11.8 Å². The molecule has 1 aliphatic heterocycles. The normalized spacial score (nSPS) is 15.7. The number of piperazine rings is 1. The van der Waals surface area contributed by atoms with Gasteiger partial charge in [0.1, 0.15) is 5.75 Å². The van der Waals surface area contributed by atoms with Gasteiger partial charge in [-0.05, 0) is 49.9 Å². The van der Waals surface area contributed by atoms with E-state index in [1.54, 1.807) is 31.4 Å². The highest BCUT2D eigenvalue weighted by Crippen LogP contribution is 2.32. The minimum absolute atomic E-state index is 0.230. The van der Waals surface area contributed by atoms with Crippen molar-refractivity contribution in [2.24, 2.45) is 0 Å². The van der Waals surface area contributed by atoms with Crippen molar-refractivity contribution in [1.82, 2.24) is 4.90 Å². The zero-order valence-electron chi connectivity index (χ0n) is 15.4. The first kappa shape index (κ1) is 18.5.